The van der Waals surface area contributed by atoms with Gasteiger partial charge in [0.05, 0.1) is 30.5 Å². The number of aromatic nitrogens is 3. The number of hydrogen-bond acceptors (Lipinski definition) is 6. The number of nitrogens with one attached hydrogen (secondary N) is 1. The number of ether oxygens (including phenoxy) is 2. The maximum atomic E-state index is 13.7. The van der Waals surface area contributed by atoms with E-state index in [4.69, 9.17) is 20.3 Å². The number of aryl methyl sites for hydroxylation is 2. The first-order valence-corrected chi connectivity index (χ1v) is 12.6. The molecule has 2 aliphatic rings. The smallest absolute Gasteiger partial charge is 0.280 e. The van der Waals surface area contributed by atoms with Gasteiger partial charge in [0, 0.05) is 18.0 Å². The molecule has 2 aromatic carbocycles. The van der Waals surface area contributed by atoms with E-state index < -0.39 is 23.6 Å². The molecule has 0 radical (unpaired) electrons. The molecule has 0 bridgehead atoms. The van der Waals surface area contributed by atoms with Gasteiger partial charge in [0.1, 0.15) is 0 Å². The third-order valence-corrected chi connectivity index (χ3v) is 7.08. The van der Waals surface area contributed by atoms with Crippen LogP contribution in [0, 0.1) is 0 Å². The maximum Gasteiger partial charge on any atom is 0.280 e. The molecule has 1 saturated heterocycles. The van der Waals surface area contributed by atoms with Crippen LogP contribution in [0.1, 0.15) is 27.0 Å². The standard InChI is InChI=1S/C29H27N5O4/c30-28(36)29(37-15-16-38-29)24(17-19-7-2-1-3-8-19)32-27(35)23-11-6-14-31-26(23)34-18-21-13-12-20-9-4-5-10-22(20)25(21)33-34/h1-11,14,18,24H,12-13,15-17H2,(H2,30,36)(H,32,35). The van der Waals surface area contributed by atoms with Crippen LogP contribution in [0.5, 0.6) is 0 Å². The highest BCUT2D eigenvalue weighted by molar-refractivity contribution is 5.98. The van der Waals surface area contributed by atoms with Crippen LogP contribution < -0.4 is 11.1 Å². The zero-order valence-electron chi connectivity index (χ0n) is 20.7. The van der Waals surface area contributed by atoms with Gasteiger partial charge in [-0.05, 0) is 48.1 Å². The number of benzene rings is 2. The van der Waals surface area contributed by atoms with E-state index in [-0.39, 0.29) is 19.6 Å². The van der Waals surface area contributed by atoms with Crippen LogP contribution in [0.3, 0.4) is 0 Å². The van der Waals surface area contributed by atoms with Gasteiger partial charge in [0.15, 0.2) is 5.82 Å². The van der Waals surface area contributed by atoms with E-state index in [0.29, 0.717) is 11.4 Å². The van der Waals surface area contributed by atoms with E-state index in [1.807, 2.05) is 48.7 Å². The number of amides is 2. The summed E-state index contributed by atoms with van der Waals surface area (Å²) in [7, 11) is 0. The SMILES string of the molecule is NC(=O)C1(C(Cc2ccccc2)NC(=O)c2cccnc2-n2cc3c(n2)-c2ccccc2CC3)OCCO1. The van der Waals surface area contributed by atoms with Crippen molar-refractivity contribution in [1.82, 2.24) is 20.1 Å². The molecule has 4 aromatic rings. The highest BCUT2D eigenvalue weighted by Crippen LogP contribution is 2.33. The number of carbonyl (C=O) groups is 2. The number of primary amides is 1. The van der Waals surface area contributed by atoms with E-state index >= 15 is 0 Å². The zero-order valence-corrected chi connectivity index (χ0v) is 20.7. The third-order valence-electron chi connectivity index (χ3n) is 7.08. The monoisotopic (exact) mass is 509 g/mol. The predicted molar refractivity (Wildman–Crippen MR) is 139 cm³/mol. The summed E-state index contributed by atoms with van der Waals surface area (Å²) in [5, 5.41) is 7.78. The molecule has 1 unspecified atom stereocenters. The number of rotatable bonds is 7. The molecule has 192 valence electrons. The lowest BCUT2D eigenvalue weighted by atomic mass is 9.91. The van der Waals surface area contributed by atoms with E-state index in [0.717, 1.165) is 35.2 Å². The lowest BCUT2D eigenvalue weighted by Crippen LogP contribution is -2.61. The zero-order chi connectivity index (χ0) is 26.1. The quantitative estimate of drug-likeness (QED) is 0.395. The Morgan fingerprint density at radius 2 is 1.71 bits per heavy atom. The molecule has 1 aliphatic heterocycles. The van der Waals surface area contributed by atoms with Crippen molar-refractivity contribution in [2.75, 3.05) is 13.2 Å². The van der Waals surface area contributed by atoms with Gasteiger partial charge in [-0.25, -0.2) is 9.67 Å². The second-order valence-electron chi connectivity index (χ2n) is 9.42. The van der Waals surface area contributed by atoms with E-state index in [1.165, 1.54) is 5.56 Å². The van der Waals surface area contributed by atoms with Crippen LogP contribution in [0.2, 0.25) is 0 Å². The number of carbonyl (C=O) groups excluding carboxylic acids is 2. The largest absolute Gasteiger partial charge is 0.365 e. The predicted octanol–water partition coefficient (Wildman–Crippen LogP) is 2.60. The molecule has 1 fully saturated rings. The number of fused-ring (bicyclic) bond motifs is 3. The molecular weight excluding hydrogens is 482 g/mol. The Labute approximate surface area is 219 Å². The average Bonchev–Trinajstić information content (AvgIpc) is 3.62. The summed E-state index contributed by atoms with van der Waals surface area (Å²) in [5.74, 6) is -2.62. The highest BCUT2D eigenvalue weighted by atomic mass is 16.7. The first-order valence-electron chi connectivity index (χ1n) is 12.6. The number of nitrogens with zero attached hydrogens (tertiary/aromatic N) is 3. The number of nitrogens with two attached hydrogens (primary N) is 1. The lowest BCUT2D eigenvalue weighted by Gasteiger charge is -2.33. The molecule has 9 heteroatoms. The van der Waals surface area contributed by atoms with Crippen LogP contribution in [-0.2, 0) is 33.5 Å². The van der Waals surface area contributed by atoms with Crippen molar-refractivity contribution in [2.45, 2.75) is 31.1 Å². The van der Waals surface area contributed by atoms with E-state index in [9.17, 15) is 9.59 Å². The Hall–Kier alpha value is -4.34. The minimum absolute atomic E-state index is 0.197. The van der Waals surface area contributed by atoms with Crippen molar-refractivity contribution in [3.05, 3.63) is 101 Å². The van der Waals surface area contributed by atoms with Crippen molar-refractivity contribution in [3.8, 4) is 17.1 Å². The minimum Gasteiger partial charge on any atom is -0.365 e. The molecule has 38 heavy (non-hydrogen) atoms. The average molecular weight is 510 g/mol. The summed E-state index contributed by atoms with van der Waals surface area (Å²) in [6.07, 6.45) is 5.62. The summed E-state index contributed by atoms with van der Waals surface area (Å²) in [6.45, 7) is 0.394. The lowest BCUT2D eigenvalue weighted by molar-refractivity contribution is -0.189. The molecule has 0 spiro atoms. The molecule has 0 saturated carbocycles. The molecule has 2 aromatic heterocycles. The second-order valence-corrected chi connectivity index (χ2v) is 9.42. The summed E-state index contributed by atoms with van der Waals surface area (Å²) in [6, 6.07) is 20.2. The number of pyridine rings is 1. The Kier molecular flexibility index (Phi) is 6.22. The van der Waals surface area contributed by atoms with Gasteiger partial charge < -0.3 is 20.5 Å². The van der Waals surface area contributed by atoms with E-state index in [2.05, 4.69) is 22.4 Å². The summed E-state index contributed by atoms with van der Waals surface area (Å²) in [4.78, 5) is 30.8. The third kappa shape index (κ3) is 4.25. The fraction of sp³-hybridized carbons (Fsp3) is 0.241. The van der Waals surface area contributed by atoms with Crippen molar-refractivity contribution < 1.29 is 19.1 Å². The van der Waals surface area contributed by atoms with Crippen LogP contribution in [-0.4, -0.2) is 51.6 Å². The van der Waals surface area contributed by atoms with Gasteiger partial charge >= 0.3 is 0 Å². The van der Waals surface area contributed by atoms with E-state index in [1.54, 1.807) is 23.0 Å². The second kappa shape index (κ2) is 9.85. The molecule has 9 nitrogen and oxygen atoms in total. The fourth-order valence-corrected chi connectivity index (χ4v) is 5.23. The maximum absolute atomic E-state index is 13.7. The minimum atomic E-state index is -1.78. The van der Waals surface area contributed by atoms with Crippen LogP contribution in [0.4, 0.5) is 0 Å². The van der Waals surface area contributed by atoms with Crippen molar-refractivity contribution in [3.63, 3.8) is 0 Å². The molecule has 2 amide bonds. The Morgan fingerprint density at radius 1 is 0.974 bits per heavy atom. The van der Waals surface area contributed by atoms with Gasteiger partial charge in [0.2, 0.25) is 0 Å². The number of hydrogen-bond donors (Lipinski definition) is 2. The molecular formula is C29H27N5O4. The Morgan fingerprint density at radius 3 is 2.50 bits per heavy atom. The first kappa shape index (κ1) is 24.0. The van der Waals surface area contributed by atoms with Crippen molar-refractivity contribution >= 4 is 11.8 Å². The Balaban J connectivity index is 1.35. The fourth-order valence-electron chi connectivity index (χ4n) is 5.23. The van der Waals surface area contributed by atoms with Gasteiger partial charge in [-0.3, -0.25) is 9.59 Å². The van der Waals surface area contributed by atoms with Gasteiger partial charge in [-0.1, -0.05) is 54.6 Å². The summed E-state index contributed by atoms with van der Waals surface area (Å²) in [5.41, 5.74) is 11.3. The van der Waals surface area contributed by atoms with Gasteiger partial charge in [-0.2, -0.15) is 5.10 Å². The molecule has 1 aliphatic carbocycles. The van der Waals surface area contributed by atoms with Crippen LogP contribution in [0.25, 0.3) is 17.1 Å². The van der Waals surface area contributed by atoms with Crippen molar-refractivity contribution in [1.29, 1.82) is 0 Å². The van der Waals surface area contributed by atoms with Crippen molar-refractivity contribution in [2.24, 2.45) is 5.73 Å². The topological polar surface area (TPSA) is 121 Å². The molecule has 3 N–H and O–H groups in total. The molecule has 6 rings (SSSR count). The van der Waals surface area contributed by atoms with Crippen LogP contribution in [0.15, 0.2) is 79.1 Å². The molecule has 1 atom stereocenters. The van der Waals surface area contributed by atoms with Gasteiger partial charge in [-0.15, -0.1) is 0 Å². The Bertz CT molecular complexity index is 1490. The molecule has 3 heterocycles. The first-order chi connectivity index (χ1) is 18.5. The summed E-state index contributed by atoms with van der Waals surface area (Å²) < 4.78 is 13.1. The van der Waals surface area contributed by atoms with Gasteiger partial charge in [0.25, 0.3) is 17.6 Å². The summed E-state index contributed by atoms with van der Waals surface area (Å²) >= 11 is 0. The van der Waals surface area contributed by atoms with Crippen LogP contribution >= 0.6 is 0 Å². The normalized spacial score (nSPS) is 16.3. The highest BCUT2D eigenvalue weighted by Gasteiger charge is 2.51.